The van der Waals surface area contributed by atoms with Crippen molar-refractivity contribution in [2.75, 3.05) is 26.2 Å². The molecule has 0 bridgehead atoms. The highest BCUT2D eigenvalue weighted by Crippen LogP contribution is 2.57. The first-order chi connectivity index (χ1) is 9.66. The van der Waals surface area contributed by atoms with Gasteiger partial charge in [-0.1, -0.05) is 13.8 Å². The molecule has 0 aromatic rings. The van der Waals surface area contributed by atoms with E-state index in [4.69, 9.17) is 15.2 Å². The summed E-state index contributed by atoms with van der Waals surface area (Å²) in [6.45, 7) is 14.9. The van der Waals surface area contributed by atoms with Crippen molar-refractivity contribution in [2.45, 2.75) is 70.8 Å². The zero-order chi connectivity index (χ0) is 15.5. The quantitative estimate of drug-likeness (QED) is 0.847. The Hall–Kier alpha value is -0.160. The predicted octanol–water partition coefficient (Wildman–Crippen LogP) is 2.02. The number of morpholine rings is 1. The smallest absolute Gasteiger partial charge is 0.0757 e. The van der Waals surface area contributed by atoms with E-state index in [0.29, 0.717) is 12.0 Å². The van der Waals surface area contributed by atoms with Gasteiger partial charge in [-0.3, -0.25) is 4.90 Å². The average molecular weight is 296 g/mol. The summed E-state index contributed by atoms with van der Waals surface area (Å²) in [5.74, 6) is 0.516. The standard InChI is InChI=1S/C17H32N2O2/c1-12-9-19(10-15(2,3)21-12)11-17(18)13-7-6-8-20-14(13)16(17,4)5/h12-14H,6-11,18H2,1-5H3. The summed E-state index contributed by atoms with van der Waals surface area (Å²) in [5, 5.41) is 0. The SMILES string of the molecule is CC1CN(CC2(N)C3CCCOC3C2(C)C)CC(C)(C)O1. The van der Waals surface area contributed by atoms with Crippen LogP contribution in [0.15, 0.2) is 0 Å². The second-order valence-electron chi connectivity index (χ2n) is 8.66. The lowest BCUT2D eigenvalue weighted by Crippen LogP contribution is -2.81. The van der Waals surface area contributed by atoms with Crippen LogP contribution in [0.3, 0.4) is 0 Å². The molecule has 3 rings (SSSR count). The number of hydrogen-bond acceptors (Lipinski definition) is 4. The second kappa shape index (κ2) is 4.92. The third kappa shape index (κ3) is 2.44. The molecule has 0 radical (unpaired) electrons. The predicted molar refractivity (Wildman–Crippen MR) is 84.2 cm³/mol. The van der Waals surface area contributed by atoms with Crippen molar-refractivity contribution >= 4 is 0 Å². The van der Waals surface area contributed by atoms with Gasteiger partial charge in [0.1, 0.15) is 0 Å². The van der Waals surface area contributed by atoms with E-state index in [2.05, 4.69) is 39.5 Å². The highest BCUT2D eigenvalue weighted by Gasteiger charge is 2.66. The molecule has 21 heavy (non-hydrogen) atoms. The Morgan fingerprint density at radius 2 is 1.95 bits per heavy atom. The van der Waals surface area contributed by atoms with Gasteiger partial charge in [-0.05, 0) is 33.6 Å². The van der Waals surface area contributed by atoms with Crippen LogP contribution < -0.4 is 5.73 Å². The molecule has 4 nitrogen and oxygen atoms in total. The minimum absolute atomic E-state index is 0.0593. The van der Waals surface area contributed by atoms with Crippen molar-refractivity contribution in [3.63, 3.8) is 0 Å². The van der Waals surface area contributed by atoms with Crippen molar-refractivity contribution in [3.05, 3.63) is 0 Å². The Morgan fingerprint density at radius 3 is 2.62 bits per heavy atom. The first-order valence-electron chi connectivity index (χ1n) is 8.46. The number of ether oxygens (including phenoxy) is 2. The molecular formula is C17H32N2O2. The van der Waals surface area contributed by atoms with E-state index < -0.39 is 0 Å². The topological polar surface area (TPSA) is 47.7 Å². The van der Waals surface area contributed by atoms with E-state index in [0.717, 1.165) is 32.7 Å². The third-order valence-electron chi connectivity index (χ3n) is 6.02. The van der Waals surface area contributed by atoms with Crippen molar-refractivity contribution in [1.29, 1.82) is 0 Å². The minimum atomic E-state index is -0.134. The Labute approximate surface area is 129 Å². The lowest BCUT2D eigenvalue weighted by Gasteiger charge is -2.67. The molecule has 0 aromatic heterocycles. The van der Waals surface area contributed by atoms with E-state index in [1.54, 1.807) is 0 Å². The van der Waals surface area contributed by atoms with Crippen LogP contribution in [0.4, 0.5) is 0 Å². The normalized spacial score (nSPS) is 45.7. The Kier molecular flexibility index (Phi) is 3.68. The third-order valence-corrected chi connectivity index (χ3v) is 6.02. The fourth-order valence-corrected chi connectivity index (χ4v) is 5.06. The van der Waals surface area contributed by atoms with Crippen LogP contribution in [0, 0.1) is 11.3 Å². The zero-order valence-electron chi connectivity index (χ0n) is 14.3. The van der Waals surface area contributed by atoms with Crippen LogP contribution in [-0.2, 0) is 9.47 Å². The lowest BCUT2D eigenvalue weighted by atomic mass is 9.46. The van der Waals surface area contributed by atoms with Gasteiger partial charge in [0.15, 0.2) is 0 Å². The molecule has 1 aliphatic carbocycles. The lowest BCUT2D eigenvalue weighted by molar-refractivity contribution is -0.238. The first-order valence-corrected chi connectivity index (χ1v) is 8.46. The maximum absolute atomic E-state index is 6.94. The van der Waals surface area contributed by atoms with Crippen LogP contribution in [0.25, 0.3) is 0 Å². The van der Waals surface area contributed by atoms with Gasteiger partial charge in [-0.15, -0.1) is 0 Å². The molecule has 0 aromatic carbocycles. The fourth-order valence-electron chi connectivity index (χ4n) is 5.06. The summed E-state index contributed by atoms with van der Waals surface area (Å²) in [6.07, 6.45) is 3.00. The van der Waals surface area contributed by atoms with E-state index in [1.165, 1.54) is 6.42 Å². The molecule has 2 heterocycles. The summed E-state index contributed by atoms with van der Waals surface area (Å²) in [4.78, 5) is 2.51. The summed E-state index contributed by atoms with van der Waals surface area (Å²) < 4.78 is 12.0. The molecule has 3 fully saturated rings. The molecule has 4 atom stereocenters. The van der Waals surface area contributed by atoms with Crippen LogP contribution in [0.5, 0.6) is 0 Å². The average Bonchev–Trinajstić information content (AvgIpc) is 2.36. The number of hydrogen-bond donors (Lipinski definition) is 1. The van der Waals surface area contributed by atoms with Gasteiger partial charge in [0, 0.05) is 43.1 Å². The van der Waals surface area contributed by atoms with Gasteiger partial charge in [0.25, 0.3) is 0 Å². The van der Waals surface area contributed by atoms with E-state index >= 15 is 0 Å². The van der Waals surface area contributed by atoms with Gasteiger partial charge in [-0.2, -0.15) is 0 Å². The molecule has 0 spiro atoms. The summed E-state index contributed by atoms with van der Waals surface area (Å²) in [6, 6.07) is 0. The van der Waals surface area contributed by atoms with Crippen molar-refractivity contribution in [1.82, 2.24) is 4.90 Å². The molecular weight excluding hydrogens is 264 g/mol. The van der Waals surface area contributed by atoms with Crippen LogP contribution in [0.2, 0.25) is 0 Å². The molecule has 3 aliphatic rings. The Bertz CT molecular complexity index is 410. The highest BCUT2D eigenvalue weighted by molar-refractivity contribution is 5.21. The number of rotatable bonds is 2. The summed E-state index contributed by atoms with van der Waals surface area (Å²) >= 11 is 0. The van der Waals surface area contributed by atoms with Gasteiger partial charge >= 0.3 is 0 Å². The minimum Gasteiger partial charge on any atom is -0.377 e. The number of fused-ring (bicyclic) bond motifs is 1. The van der Waals surface area contributed by atoms with Crippen LogP contribution in [0.1, 0.15) is 47.5 Å². The zero-order valence-corrected chi connectivity index (χ0v) is 14.3. The van der Waals surface area contributed by atoms with Crippen molar-refractivity contribution in [3.8, 4) is 0 Å². The molecule has 2 N–H and O–H groups in total. The van der Waals surface area contributed by atoms with Crippen LogP contribution in [-0.4, -0.2) is 54.5 Å². The molecule has 4 unspecified atom stereocenters. The Balaban J connectivity index is 1.74. The van der Waals surface area contributed by atoms with Gasteiger partial charge in [0.2, 0.25) is 0 Å². The monoisotopic (exact) mass is 296 g/mol. The molecule has 2 aliphatic heterocycles. The van der Waals surface area contributed by atoms with Crippen molar-refractivity contribution in [2.24, 2.45) is 17.1 Å². The van der Waals surface area contributed by atoms with Gasteiger partial charge < -0.3 is 15.2 Å². The van der Waals surface area contributed by atoms with Crippen LogP contribution >= 0.6 is 0 Å². The molecule has 122 valence electrons. The van der Waals surface area contributed by atoms with E-state index in [1.807, 2.05) is 0 Å². The van der Waals surface area contributed by atoms with E-state index in [-0.39, 0.29) is 22.7 Å². The molecule has 4 heteroatoms. The summed E-state index contributed by atoms with van der Waals surface area (Å²) in [5.41, 5.74) is 6.78. The van der Waals surface area contributed by atoms with E-state index in [9.17, 15) is 0 Å². The fraction of sp³-hybridized carbons (Fsp3) is 1.00. The number of nitrogens with two attached hydrogens (primary N) is 1. The van der Waals surface area contributed by atoms with Gasteiger partial charge in [-0.25, -0.2) is 0 Å². The second-order valence-corrected chi connectivity index (χ2v) is 8.66. The number of nitrogens with zero attached hydrogens (tertiary/aromatic N) is 1. The Morgan fingerprint density at radius 1 is 1.24 bits per heavy atom. The van der Waals surface area contributed by atoms with Gasteiger partial charge in [0.05, 0.1) is 17.8 Å². The maximum Gasteiger partial charge on any atom is 0.0757 e. The maximum atomic E-state index is 6.94. The summed E-state index contributed by atoms with van der Waals surface area (Å²) in [7, 11) is 0. The highest BCUT2D eigenvalue weighted by atomic mass is 16.5. The molecule has 2 saturated heterocycles. The molecule has 1 saturated carbocycles. The first kappa shape index (κ1) is 15.7. The van der Waals surface area contributed by atoms with Crippen molar-refractivity contribution < 1.29 is 9.47 Å². The molecule has 0 amide bonds. The largest absolute Gasteiger partial charge is 0.377 e.